The Kier molecular flexibility index (Phi) is 4.17. The van der Waals surface area contributed by atoms with Crippen molar-refractivity contribution in [1.82, 2.24) is 9.78 Å². The molecule has 6 heteroatoms. The summed E-state index contributed by atoms with van der Waals surface area (Å²) in [5, 5.41) is 5.71. The van der Waals surface area contributed by atoms with Crippen LogP contribution in [0.3, 0.4) is 0 Å². The largest absolute Gasteiger partial charge is 0.462 e. The van der Waals surface area contributed by atoms with Gasteiger partial charge in [-0.25, -0.2) is 4.68 Å². The molecule has 0 bridgehead atoms. The minimum absolute atomic E-state index is 0.0696. The van der Waals surface area contributed by atoms with E-state index in [-0.39, 0.29) is 24.5 Å². The monoisotopic (exact) mass is 342 g/mol. The van der Waals surface area contributed by atoms with Gasteiger partial charge in [0.25, 0.3) is 0 Å². The summed E-state index contributed by atoms with van der Waals surface area (Å²) in [6, 6.07) is 6.47. The van der Waals surface area contributed by atoms with E-state index in [1.54, 1.807) is 0 Å². The summed E-state index contributed by atoms with van der Waals surface area (Å²) < 4.78 is 20.1. The fraction of sp³-hybridized carbons (Fsp3) is 0.632. The number of nitrogens with zero attached hydrogens (tertiary/aromatic N) is 2. The fourth-order valence-electron chi connectivity index (χ4n) is 3.62. The highest BCUT2D eigenvalue weighted by Gasteiger charge is 2.50. The zero-order valence-corrected chi connectivity index (χ0v) is 15.6. The highest BCUT2D eigenvalue weighted by atomic mass is 16.7. The molecule has 0 N–H and O–H groups in total. The molecular formula is C19H27BN2O3. The molecule has 1 aromatic carbocycles. The van der Waals surface area contributed by atoms with Crippen LogP contribution in [0.15, 0.2) is 24.4 Å². The van der Waals surface area contributed by atoms with Gasteiger partial charge < -0.3 is 14.0 Å². The second kappa shape index (κ2) is 6.11. The Hall–Kier alpha value is -1.37. The second-order valence-electron chi connectivity index (χ2n) is 8.19. The van der Waals surface area contributed by atoms with E-state index in [4.69, 9.17) is 14.0 Å². The Bertz CT molecular complexity index is 749. The molecule has 0 radical (unpaired) electrons. The van der Waals surface area contributed by atoms with E-state index in [2.05, 4.69) is 51.0 Å². The topological polar surface area (TPSA) is 45.5 Å². The van der Waals surface area contributed by atoms with Crippen LogP contribution in [0.5, 0.6) is 0 Å². The average molecular weight is 342 g/mol. The zero-order valence-electron chi connectivity index (χ0n) is 15.6. The molecule has 4 rings (SSSR count). The maximum absolute atomic E-state index is 6.12. The van der Waals surface area contributed by atoms with Gasteiger partial charge in [0.15, 0.2) is 6.23 Å². The summed E-state index contributed by atoms with van der Waals surface area (Å²) in [4.78, 5) is 0. The van der Waals surface area contributed by atoms with Gasteiger partial charge in [-0.15, -0.1) is 0 Å². The molecule has 1 atom stereocenters. The van der Waals surface area contributed by atoms with E-state index in [0.717, 1.165) is 36.7 Å². The van der Waals surface area contributed by atoms with Crippen molar-refractivity contribution in [3.63, 3.8) is 0 Å². The van der Waals surface area contributed by atoms with Crippen molar-refractivity contribution >= 4 is 18.0 Å². The summed E-state index contributed by atoms with van der Waals surface area (Å²) in [6.45, 7) is 9.18. The van der Waals surface area contributed by atoms with Gasteiger partial charge in [0, 0.05) is 18.3 Å². The number of fused-ring (bicyclic) bond motifs is 1. The first-order chi connectivity index (χ1) is 11.9. The molecule has 0 amide bonds. The molecule has 3 heterocycles. The van der Waals surface area contributed by atoms with Crippen molar-refractivity contribution < 1.29 is 14.0 Å². The number of aromatic nitrogens is 2. The van der Waals surface area contributed by atoms with Crippen molar-refractivity contribution in [2.24, 2.45) is 0 Å². The number of hydrogen-bond donors (Lipinski definition) is 0. The van der Waals surface area contributed by atoms with Crippen molar-refractivity contribution in [2.45, 2.75) is 70.7 Å². The Balaban J connectivity index is 1.53. The Morgan fingerprint density at radius 1 is 1.16 bits per heavy atom. The number of hydrogen-bond acceptors (Lipinski definition) is 4. The van der Waals surface area contributed by atoms with E-state index in [9.17, 15) is 0 Å². The maximum Gasteiger partial charge on any atom is 0.462 e. The minimum atomic E-state index is -0.287. The van der Waals surface area contributed by atoms with Gasteiger partial charge in [-0.2, -0.15) is 5.10 Å². The molecule has 2 aromatic rings. The summed E-state index contributed by atoms with van der Waals surface area (Å²) >= 11 is 0. The molecule has 2 aliphatic rings. The van der Waals surface area contributed by atoms with Crippen molar-refractivity contribution in [3.8, 4) is 0 Å². The molecule has 2 aliphatic heterocycles. The third kappa shape index (κ3) is 3.11. The van der Waals surface area contributed by atoms with Crippen LogP contribution in [0.1, 0.15) is 58.7 Å². The average Bonchev–Trinajstić information content (AvgIpc) is 3.05. The lowest BCUT2D eigenvalue weighted by molar-refractivity contribution is -0.0366. The molecule has 25 heavy (non-hydrogen) atoms. The van der Waals surface area contributed by atoms with E-state index in [1.807, 2.05) is 10.9 Å². The molecule has 2 saturated heterocycles. The Morgan fingerprint density at radius 2 is 1.92 bits per heavy atom. The molecular weight excluding hydrogens is 315 g/mol. The van der Waals surface area contributed by atoms with Crippen LogP contribution in [-0.4, -0.2) is 34.7 Å². The smallest absolute Gasteiger partial charge is 0.403 e. The standard InChI is InChI=1S/C19H27BN2O3/c1-18(2)19(3,4)25-20(24-18)12-14-8-9-16-15(11-14)13-21-22(16)17-7-5-6-10-23-17/h8-9,11,13,17H,5-7,10,12H2,1-4H3. The van der Waals surface area contributed by atoms with Crippen LogP contribution in [0.2, 0.25) is 0 Å². The van der Waals surface area contributed by atoms with E-state index >= 15 is 0 Å². The lowest BCUT2D eigenvalue weighted by Gasteiger charge is -2.32. The number of benzene rings is 1. The van der Waals surface area contributed by atoms with Crippen LogP contribution in [0.25, 0.3) is 10.9 Å². The quantitative estimate of drug-likeness (QED) is 0.794. The Labute approximate surface area is 149 Å². The first kappa shape index (κ1) is 17.1. The van der Waals surface area contributed by atoms with Crippen LogP contribution in [-0.2, 0) is 20.4 Å². The SMILES string of the molecule is CC1(C)OB(Cc2ccc3c(cnn3C3CCCCO3)c2)OC1(C)C. The lowest BCUT2D eigenvalue weighted by atomic mass is 9.80. The number of ether oxygens (including phenoxy) is 1. The normalized spacial score (nSPS) is 25.6. The third-order valence-electron chi connectivity index (χ3n) is 5.79. The molecule has 134 valence electrons. The maximum atomic E-state index is 6.12. The fourth-order valence-corrected chi connectivity index (χ4v) is 3.62. The number of rotatable bonds is 3. The van der Waals surface area contributed by atoms with Gasteiger partial charge in [-0.05, 0) is 64.7 Å². The molecule has 0 aliphatic carbocycles. The lowest BCUT2D eigenvalue weighted by Crippen LogP contribution is -2.41. The zero-order chi connectivity index (χ0) is 17.7. The van der Waals surface area contributed by atoms with Gasteiger partial charge in [-0.3, -0.25) is 0 Å². The summed E-state index contributed by atoms with van der Waals surface area (Å²) in [5.74, 6) is 0. The first-order valence-corrected chi connectivity index (χ1v) is 9.29. The Morgan fingerprint density at radius 3 is 2.60 bits per heavy atom. The van der Waals surface area contributed by atoms with Gasteiger partial charge in [0.2, 0.25) is 0 Å². The van der Waals surface area contributed by atoms with Crippen molar-refractivity contribution in [3.05, 3.63) is 30.0 Å². The van der Waals surface area contributed by atoms with Gasteiger partial charge >= 0.3 is 7.12 Å². The summed E-state index contributed by atoms with van der Waals surface area (Å²) in [5.41, 5.74) is 1.76. The summed E-state index contributed by atoms with van der Waals surface area (Å²) in [7, 11) is -0.209. The highest BCUT2D eigenvalue weighted by molar-refractivity contribution is 6.45. The highest BCUT2D eigenvalue weighted by Crippen LogP contribution is 2.37. The van der Waals surface area contributed by atoms with Gasteiger partial charge in [-0.1, -0.05) is 6.07 Å². The van der Waals surface area contributed by atoms with Crippen LogP contribution in [0, 0.1) is 0 Å². The molecule has 0 spiro atoms. The van der Waals surface area contributed by atoms with Gasteiger partial charge in [0.05, 0.1) is 22.9 Å². The minimum Gasteiger partial charge on any atom is -0.403 e. The predicted octanol–water partition coefficient (Wildman–Crippen LogP) is 3.91. The second-order valence-corrected chi connectivity index (χ2v) is 8.19. The third-order valence-corrected chi connectivity index (χ3v) is 5.79. The van der Waals surface area contributed by atoms with Crippen LogP contribution >= 0.6 is 0 Å². The molecule has 1 aromatic heterocycles. The van der Waals surface area contributed by atoms with E-state index in [0.29, 0.717) is 0 Å². The first-order valence-electron chi connectivity index (χ1n) is 9.29. The van der Waals surface area contributed by atoms with Crippen molar-refractivity contribution in [2.75, 3.05) is 6.61 Å². The molecule has 5 nitrogen and oxygen atoms in total. The van der Waals surface area contributed by atoms with E-state index < -0.39 is 0 Å². The molecule has 1 unspecified atom stereocenters. The molecule has 2 fully saturated rings. The molecule has 0 saturated carbocycles. The van der Waals surface area contributed by atoms with Crippen LogP contribution in [0.4, 0.5) is 0 Å². The van der Waals surface area contributed by atoms with E-state index in [1.165, 1.54) is 12.0 Å². The van der Waals surface area contributed by atoms with Crippen molar-refractivity contribution in [1.29, 1.82) is 0 Å². The van der Waals surface area contributed by atoms with Crippen LogP contribution < -0.4 is 0 Å². The predicted molar refractivity (Wildman–Crippen MR) is 98.4 cm³/mol. The summed E-state index contributed by atoms with van der Waals surface area (Å²) in [6.07, 6.45) is 6.13. The van der Waals surface area contributed by atoms with Gasteiger partial charge in [0.1, 0.15) is 0 Å².